The van der Waals surface area contributed by atoms with Crippen LogP contribution < -0.4 is 0 Å². The largest absolute Gasteiger partial charge is 0.443 e. The fraction of sp³-hybridized carbons (Fsp3) is 0.133. The zero-order valence-electron chi connectivity index (χ0n) is 11.0. The number of hydrogen-bond donors (Lipinski definition) is 0. The zero-order valence-corrected chi connectivity index (χ0v) is 11.0. The lowest BCUT2D eigenvalue weighted by Crippen LogP contribution is -2.07. The number of carbonyl (C=O) groups excluding carboxylic acids is 2. The molecule has 0 radical (unpaired) electrons. The molecule has 3 rings (SSSR count). The summed E-state index contributed by atoms with van der Waals surface area (Å²) >= 11 is 0. The van der Waals surface area contributed by atoms with Crippen LogP contribution in [0.4, 0.5) is 0 Å². The van der Waals surface area contributed by atoms with Gasteiger partial charge >= 0.3 is 0 Å². The van der Waals surface area contributed by atoms with Gasteiger partial charge in [-0.25, -0.2) is 4.98 Å². The van der Waals surface area contributed by atoms with Gasteiger partial charge in [0, 0.05) is 24.6 Å². The van der Waals surface area contributed by atoms with Gasteiger partial charge < -0.3 is 4.42 Å². The minimum Gasteiger partial charge on any atom is -0.443 e. The molecule has 0 aliphatic heterocycles. The molecule has 6 nitrogen and oxygen atoms in total. The average molecular weight is 281 g/mol. The van der Waals surface area contributed by atoms with Crippen LogP contribution in [0.2, 0.25) is 0 Å². The number of nitrogens with zero attached hydrogens (tertiary/aromatic N) is 3. The van der Waals surface area contributed by atoms with E-state index in [-0.39, 0.29) is 30.1 Å². The number of benzene rings is 1. The number of ketones is 2. The second kappa shape index (κ2) is 5.62. The molecule has 0 N–H and O–H groups in total. The molecule has 0 aliphatic carbocycles. The minimum atomic E-state index is -0.195. The molecule has 3 aromatic rings. The van der Waals surface area contributed by atoms with Crippen LogP contribution in [0.5, 0.6) is 0 Å². The monoisotopic (exact) mass is 281 g/mol. The lowest BCUT2D eigenvalue weighted by atomic mass is 10.0. The highest BCUT2D eigenvalue weighted by Crippen LogP contribution is 2.16. The molecule has 0 fully saturated rings. The first kappa shape index (κ1) is 13.1. The van der Waals surface area contributed by atoms with E-state index in [0.717, 1.165) is 0 Å². The van der Waals surface area contributed by atoms with Gasteiger partial charge in [0.15, 0.2) is 23.5 Å². The van der Waals surface area contributed by atoms with Crippen molar-refractivity contribution in [2.45, 2.75) is 12.8 Å². The third-order valence-electron chi connectivity index (χ3n) is 3.09. The molecule has 0 saturated heterocycles. The summed E-state index contributed by atoms with van der Waals surface area (Å²) in [4.78, 5) is 28.0. The first-order chi connectivity index (χ1) is 10.2. The molecular weight excluding hydrogens is 270 g/mol. The van der Waals surface area contributed by atoms with E-state index < -0.39 is 0 Å². The fourth-order valence-electron chi connectivity index (χ4n) is 1.98. The van der Waals surface area contributed by atoms with Gasteiger partial charge in [0.1, 0.15) is 11.2 Å². The van der Waals surface area contributed by atoms with E-state index in [1.54, 1.807) is 30.3 Å². The maximum Gasteiger partial charge on any atom is 0.183 e. The molecule has 104 valence electrons. The van der Waals surface area contributed by atoms with E-state index in [0.29, 0.717) is 16.7 Å². The Labute approximate surface area is 119 Å². The summed E-state index contributed by atoms with van der Waals surface area (Å²) in [6.45, 7) is 0. The topological polar surface area (TPSA) is 86.0 Å². The van der Waals surface area contributed by atoms with Crippen molar-refractivity contribution in [3.63, 3.8) is 0 Å². The van der Waals surface area contributed by atoms with Crippen LogP contribution in [0.1, 0.15) is 33.7 Å². The van der Waals surface area contributed by atoms with Crippen LogP contribution in [0.3, 0.4) is 0 Å². The van der Waals surface area contributed by atoms with Gasteiger partial charge in [0.05, 0.1) is 0 Å². The summed E-state index contributed by atoms with van der Waals surface area (Å²) in [5, 5.41) is 7.37. The Kier molecular flexibility index (Phi) is 3.51. The van der Waals surface area contributed by atoms with Crippen LogP contribution in [-0.4, -0.2) is 26.7 Å². The SMILES string of the molecule is O=C(CCC(=O)c1cccnn1)c1ccc2ocnc2c1. The van der Waals surface area contributed by atoms with Crippen molar-refractivity contribution in [1.82, 2.24) is 15.2 Å². The van der Waals surface area contributed by atoms with Crippen LogP contribution in [0.25, 0.3) is 11.1 Å². The number of aromatic nitrogens is 3. The van der Waals surface area contributed by atoms with Gasteiger partial charge in [0.25, 0.3) is 0 Å². The summed E-state index contributed by atoms with van der Waals surface area (Å²) in [5.41, 5.74) is 2.05. The van der Waals surface area contributed by atoms with Crippen LogP contribution in [-0.2, 0) is 0 Å². The molecule has 0 saturated carbocycles. The van der Waals surface area contributed by atoms with Crippen molar-refractivity contribution in [3.8, 4) is 0 Å². The van der Waals surface area contributed by atoms with Crippen LogP contribution in [0, 0.1) is 0 Å². The first-order valence-corrected chi connectivity index (χ1v) is 6.41. The number of Topliss-reactive ketones (excluding diaryl/α,β-unsaturated/α-hetero) is 2. The van der Waals surface area contributed by atoms with Gasteiger partial charge in [0.2, 0.25) is 0 Å². The summed E-state index contributed by atoms with van der Waals surface area (Å²) in [5.74, 6) is -0.309. The maximum absolute atomic E-state index is 12.1. The third kappa shape index (κ3) is 2.84. The Morgan fingerprint density at radius 1 is 1.10 bits per heavy atom. The summed E-state index contributed by atoms with van der Waals surface area (Å²) < 4.78 is 5.12. The van der Waals surface area contributed by atoms with E-state index in [9.17, 15) is 9.59 Å². The van der Waals surface area contributed by atoms with Crippen molar-refractivity contribution in [1.29, 1.82) is 0 Å². The third-order valence-corrected chi connectivity index (χ3v) is 3.09. The number of oxazole rings is 1. The fourth-order valence-corrected chi connectivity index (χ4v) is 1.98. The van der Waals surface area contributed by atoms with Crippen molar-refractivity contribution < 1.29 is 14.0 Å². The normalized spacial score (nSPS) is 10.7. The lowest BCUT2D eigenvalue weighted by molar-refractivity contribution is 0.0914. The minimum absolute atomic E-state index is 0.106. The molecule has 0 bridgehead atoms. The van der Waals surface area contributed by atoms with E-state index in [2.05, 4.69) is 15.2 Å². The summed E-state index contributed by atoms with van der Waals surface area (Å²) in [6.07, 6.45) is 3.05. The first-order valence-electron chi connectivity index (χ1n) is 6.41. The van der Waals surface area contributed by atoms with Crippen molar-refractivity contribution in [3.05, 3.63) is 54.2 Å². The number of fused-ring (bicyclic) bond motifs is 1. The van der Waals surface area contributed by atoms with Gasteiger partial charge in [-0.1, -0.05) is 0 Å². The van der Waals surface area contributed by atoms with E-state index in [4.69, 9.17) is 4.42 Å². The molecule has 6 heteroatoms. The zero-order chi connectivity index (χ0) is 14.7. The highest BCUT2D eigenvalue weighted by Gasteiger charge is 2.13. The second-order valence-corrected chi connectivity index (χ2v) is 4.49. The van der Waals surface area contributed by atoms with Crippen molar-refractivity contribution in [2.24, 2.45) is 0 Å². The van der Waals surface area contributed by atoms with Crippen molar-refractivity contribution in [2.75, 3.05) is 0 Å². The summed E-state index contributed by atoms with van der Waals surface area (Å²) in [7, 11) is 0. The quantitative estimate of drug-likeness (QED) is 0.668. The standard InChI is InChI=1S/C15H11N3O3/c19-13(4-5-14(20)11-2-1-7-17-18-11)10-3-6-15-12(8-10)16-9-21-15/h1-3,6-9H,4-5H2. The molecule has 0 atom stereocenters. The molecule has 0 amide bonds. The van der Waals surface area contributed by atoms with Gasteiger partial charge in [-0.2, -0.15) is 5.10 Å². The van der Waals surface area contributed by atoms with Crippen molar-refractivity contribution >= 4 is 22.7 Å². The van der Waals surface area contributed by atoms with Crippen LogP contribution >= 0.6 is 0 Å². The summed E-state index contributed by atoms with van der Waals surface area (Å²) in [6, 6.07) is 8.25. The van der Waals surface area contributed by atoms with Gasteiger partial charge in [-0.3, -0.25) is 9.59 Å². The molecule has 0 aliphatic rings. The number of rotatable bonds is 5. The molecule has 0 spiro atoms. The highest BCUT2D eigenvalue weighted by molar-refractivity contribution is 6.02. The highest BCUT2D eigenvalue weighted by atomic mass is 16.3. The van der Waals surface area contributed by atoms with Gasteiger partial charge in [-0.05, 0) is 30.3 Å². The maximum atomic E-state index is 12.1. The number of hydrogen-bond acceptors (Lipinski definition) is 6. The molecule has 1 aromatic carbocycles. The Morgan fingerprint density at radius 3 is 2.76 bits per heavy atom. The predicted octanol–water partition coefficient (Wildman–Crippen LogP) is 2.46. The second-order valence-electron chi connectivity index (χ2n) is 4.49. The average Bonchev–Trinajstić information content (AvgIpc) is 3.00. The number of carbonyl (C=O) groups is 2. The smallest absolute Gasteiger partial charge is 0.183 e. The Bertz CT molecular complexity index is 796. The molecular formula is C15H11N3O3. The molecule has 2 aromatic heterocycles. The van der Waals surface area contributed by atoms with E-state index in [1.807, 2.05) is 0 Å². The van der Waals surface area contributed by atoms with E-state index in [1.165, 1.54) is 12.6 Å². The van der Waals surface area contributed by atoms with E-state index >= 15 is 0 Å². The Morgan fingerprint density at radius 2 is 1.95 bits per heavy atom. The molecule has 0 unspecified atom stereocenters. The lowest BCUT2D eigenvalue weighted by Gasteiger charge is -2.00. The predicted molar refractivity (Wildman–Crippen MR) is 73.9 cm³/mol. The molecule has 2 heterocycles. The molecule has 21 heavy (non-hydrogen) atoms. The Balaban J connectivity index is 1.67. The Hall–Kier alpha value is -2.89. The van der Waals surface area contributed by atoms with Gasteiger partial charge in [-0.15, -0.1) is 5.10 Å². The van der Waals surface area contributed by atoms with Crippen LogP contribution in [0.15, 0.2) is 47.3 Å².